The summed E-state index contributed by atoms with van der Waals surface area (Å²) < 4.78 is 5.34. The molecule has 2 heterocycles. The minimum absolute atomic E-state index is 0.0103. The number of nitrogen functional groups attached to an aromatic ring is 1. The van der Waals surface area contributed by atoms with Gasteiger partial charge in [0.2, 0.25) is 0 Å². The molecule has 3 rings (SSSR count). The predicted molar refractivity (Wildman–Crippen MR) is 83.8 cm³/mol. The molecule has 0 bridgehead atoms. The number of carbonyl (C=O) groups excluding carboxylic acids is 1. The summed E-state index contributed by atoms with van der Waals surface area (Å²) in [5.74, 6) is 0.983. The molecule has 1 aliphatic heterocycles. The highest BCUT2D eigenvalue weighted by Gasteiger charge is 2.34. The van der Waals surface area contributed by atoms with Crippen molar-refractivity contribution in [3.05, 3.63) is 4.88 Å². The van der Waals surface area contributed by atoms with Crippen molar-refractivity contribution in [1.82, 2.24) is 9.88 Å². The minimum Gasteiger partial charge on any atom is -0.382 e. The lowest BCUT2D eigenvalue weighted by Crippen LogP contribution is -2.36. The van der Waals surface area contributed by atoms with Crippen LogP contribution < -0.4 is 10.6 Å². The van der Waals surface area contributed by atoms with Gasteiger partial charge < -0.3 is 20.3 Å². The maximum atomic E-state index is 12.6. The van der Waals surface area contributed by atoms with Gasteiger partial charge in [0.05, 0.1) is 13.2 Å². The van der Waals surface area contributed by atoms with Gasteiger partial charge >= 0.3 is 0 Å². The molecule has 0 spiro atoms. The average Bonchev–Trinajstić information content (AvgIpc) is 3.28. The van der Waals surface area contributed by atoms with Crippen molar-refractivity contribution in [3.8, 4) is 0 Å². The molecular formula is C14H22N4O2S. The van der Waals surface area contributed by atoms with E-state index in [-0.39, 0.29) is 11.9 Å². The molecule has 21 heavy (non-hydrogen) atoms. The zero-order valence-corrected chi connectivity index (χ0v) is 13.4. The third kappa shape index (κ3) is 2.98. The fourth-order valence-electron chi connectivity index (χ4n) is 2.60. The number of anilines is 2. The van der Waals surface area contributed by atoms with Crippen LogP contribution in [0.2, 0.25) is 0 Å². The Morgan fingerprint density at radius 3 is 2.76 bits per heavy atom. The van der Waals surface area contributed by atoms with Crippen molar-refractivity contribution in [3.63, 3.8) is 0 Å². The molecule has 1 aliphatic carbocycles. The second kappa shape index (κ2) is 5.81. The summed E-state index contributed by atoms with van der Waals surface area (Å²) >= 11 is 1.40. The predicted octanol–water partition coefficient (Wildman–Crippen LogP) is 1.43. The Bertz CT molecular complexity index is 523. The first-order valence-corrected chi connectivity index (χ1v) is 8.25. The Morgan fingerprint density at radius 2 is 2.14 bits per heavy atom. The molecule has 116 valence electrons. The van der Waals surface area contributed by atoms with Crippen LogP contribution in [-0.2, 0) is 4.74 Å². The smallest absolute Gasteiger partial charge is 0.267 e. The number of ether oxygens (including phenoxy) is 1. The van der Waals surface area contributed by atoms with Crippen molar-refractivity contribution in [2.75, 3.05) is 44.0 Å². The number of aromatic nitrogens is 1. The van der Waals surface area contributed by atoms with E-state index in [1.165, 1.54) is 24.2 Å². The van der Waals surface area contributed by atoms with Crippen molar-refractivity contribution in [2.24, 2.45) is 5.92 Å². The van der Waals surface area contributed by atoms with Gasteiger partial charge in [0.25, 0.3) is 5.91 Å². The van der Waals surface area contributed by atoms with Gasteiger partial charge in [-0.05, 0) is 25.7 Å². The van der Waals surface area contributed by atoms with Crippen LogP contribution in [0.15, 0.2) is 0 Å². The number of nitrogens with two attached hydrogens (primary N) is 1. The van der Waals surface area contributed by atoms with Crippen molar-refractivity contribution >= 4 is 28.2 Å². The molecule has 1 amide bonds. The molecule has 2 fully saturated rings. The van der Waals surface area contributed by atoms with Crippen LogP contribution in [-0.4, -0.2) is 55.2 Å². The Hall–Kier alpha value is -1.34. The molecular weight excluding hydrogens is 288 g/mol. The van der Waals surface area contributed by atoms with E-state index in [1.54, 1.807) is 0 Å². The average molecular weight is 310 g/mol. The Kier molecular flexibility index (Phi) is 4.03. The maximum Gasteiger partial charge on any atom is 0.267 e. The van der Waals surface area contributed by atoms with Gasteiger partial charge in [-0.25, -0.2) is 4.98 Å². The zero-order valence-electron chi connectivity index (χ0n) is 12.5. The van der Waals surface area contributed by atoms with Gasteiger partial charge in [-0.3, -0.25) is 4.79 Å². The number of carbonyl (C=O) groups is 1. The number of hydrogen-bond acceptors (Lipinski definition) is 6. The van der Waals surface area contributed by atoms with Crippen molar-refractivity contribution in [2.45, 2.75) is 25.8 Å². The largest absolute Gasteiger partial charge is 0.382 e. The first-order chi connectivity index (χ1) is 10.1. The van der Waals surface area contributed by atoms with E-state index in [0.29, 0.717) is 29.8 Å². The second-order valence-corrected chi connectivity index (χ2v) is 6.78. The normalized spacial score (nSPS) is 20.4. The van der Waals surface area contributed by atoms with Crippen LogP contribution in [0, 0.1) is 5.92 Å². The molecule has 1 aromatic heterocycles. The number of morpholine rings is 1. The monoisotopic (exact) mass is 310 g/mol. The van der Waals surface area contributed by atoms with Gasteiger partial charge in [0.15, 0.2) is 5.13 Å². The molecule has 0 radical (unpaired) electrons. The van der Waals surface area contributed by atoms with Crippen LogP contribution in [0.5, 0.6) is 0 Å². The maximum absolute atomic E-state index is 12.6. The van der Waals surface area contributed by atoms with Crippen molar-refractivity contribution in [1.29, 1.82) is 0 Å². The Balaban J connectivity index is 1.75. The highest BCUT2D eigenvalue weighted by atomic mass is 32.1. The quantitative estimate of drug-likeness (QED) is 0.911. The molecule has 1 aromatic rings. The zero-order chi connectivity index (χ0) is 15.0. The standard InChI is InChI=1S/C14H22N4O2S/c1-9(10-3-4-10)17(2)13(19)11-12(15)16-14(21-11)18-5-7-20-8-6-18/h9-10H,3-8,15H2,1-2H3. The topological polar surface area (TPSA) is 71.7 Å². The number of rotatable bonds is 4. The first kappa shape index (κ1) is 14.6. The third-order valence-corrected chi connectivity index (χ3v) is 5.47. The Morgan fingerprint density at radius 1 is 1.48 bits per heavy atom. The number of nitrogens with zero attached hydrogens (tertiary/aromatic N) is 3. The molecule has 1 saturated carbocycles. The fourth-order valence-corrected chi connectivity index (χ4v) is 3.62. The van der Waals surface area contributed by atoms with Gasteiger partial charge in [-0.15, -0.1) is 0 Å². The van der Waals surface area contributed by atoms with Crippen LogP contribution in [0.3, 0.4) is 0 Å². The van der Waals surface area contributed by atoms with E-state index in [9.17, 15) is 4.79 Å². The van der Waals surface area contributed by atoms with Crippen LogP contribution in [0.1, 0.15) is 29.4 Å². The lowest BCUT2D eigenvalue weighted by atomic mass is 10.2. The summed E-state index contributed by atoms with van der Waals surface area (Å²) in [5, 5.41) is 0.826. The van der Waals surface area contributed by atoms with Gasteiger partial charge in [-0.1, -0.05) is 11.3 Å². The molecule has 1 saturated heterocycles. The van der Waals surface area contributed by atoms with Crippen LogP contribution in [0.25, 0.3) is 0 Å². The lowest BCUT2D eigenvalue weighted by molar-refractivity contribution is 0.0733. The van der Waals surface area contributed by atoms with E-state index in [2.05, 4.69) is 16.8 Å². The summed E-state index contributed by atoms with van der Waals surface area (Å²) in [7, 11) is 1.86. The van der Waals surface area contributed by atoms with Gasteiger partial charge in [0, 0.05) is 26.2 Å². The van der Waals surface area contributed by atoms with E-state index in [0.717, 1.165) is 18.2 Å². The molecule has 1 atom stereocenters. The fraction of sp³-hybridized carbons (Fsp3) is 0.714. The van der Waals surface area contributed by atoms with Crippen LogP contribution >= 0.6 is 11.3 Å². The Labute approximate surface area is 128 Å². The minimum atomic E-state index is -0.0103. The first-order valence-electron chi connectivity index (χ1n) is 7.44. The van der Waals surface area contributed by atoms with E-state index < -0.39 is 0 Å². The van der Waals surface area contributed by atoms with Crippen LogP contribution in [0.4, 0.5) is 10.9 Å². The third-order valence-electron chi connectivity index (χ3n) is 4.35. The molecule has 2 N–H and O–H groups in total. The number of thiazole rings is 1. The highest BCUT2D eigenvalue weighted by molar-refractivity contribution is 7.18. The molecule has 0 aromatic carbocycles. The lowest BCUT2D eigenvalue weighted by Gasteiger charge is -2.26. The summed E-state index contributed by atoms with van der Waals surface area (Å²) in [6.07, 6.45) is 2.44. The molecule has 1 unspecified atom stereocenters. The molecule has 6 nitrogen and oxygen atoms in total. The summed E-state index contributed by atoms with van der Waals surface area (Å²) in [6, 6.07) is 0.269. The highest BCUT2D eigenvalue weighted by Crippen LogP contribution is 2.36. The van der Waals surface area contributed by atoms with E-state index >= 15 is 0 Å². The summed E-state index contributed by atoms with van der Waals surface area (Å²) in [5.41, 5.74) is 5.97. The van der Waals surface area contributed by atoms with E-state index in [1.807, 2.05) is 11.9 Å². The van der Waals surface area contributed by atoms with Gasteiger partial charge in [0.1, 0.15) is 10.7 Å². The van der Waals surface area contributed by atoms with E-state index in [4.69, 9.17) is 10.5 Å². The number of amides is 1. The summed E-state index contributed by atoms with van der Waals surface area (Å²) in [6.45, 7) is 5.10. The summed E-state index contributed by atoms with van der Waals surface area (Å²) in [4.78, 5) is 21.5. The van der Waals surface area contributed by atoms with Crippen molar-refractivity contribution < 1.29 is 9.53 Å². The molecule has 7 heteroatoms. The SMILES string of the molecule is CC(C1CC1)N(C)C(=O)c1sc(N2CCOCC2)nc1N. The molecule has 2 aliphatic rings. The second-order valence-electron chi connectivity index (χ2n) is 5.80. The van der Waals surface area contributed by atoms with Gasteiger partial charge in [-0.2, -0.15) is 0 Å². The number of hydrogen-bond donors (Lipinski definition) is 1.